The molecule has 39 heavy (non-hydrogen) atoms. The number of imide groups is 1. The third-order valence-corrected chi connectivity index (χ3v) is 7.52. The fourth-order valence-electron chi connectivity index (χ4n) is 5.71. The fourth-order valence-corrected chi connectivity index (χ4v) is 5.71. The van der Waals surface area contributed by atoms with Gasteiger partial charge in [-0.15, -0.1) is 0 Å². The van der Waals surface area contributed by atoms with E-state index in [2.05, 4.69) is 26.9 Å². The third-order valence-electron chi connectivity index (χ3n) is 7.52. The molecule has 2 aromatic rings. The van der Waals surface area contributed by atoms with Gasteiger partial charge in [0, 0.05) is 47.9 Å². The summed E-state index contributed by atoms with van der Waals surface area (Å²) in [4.78, 5) is 28.8. The van der Waals surface area contributed by atoms with Crippen molar-refractivity contribution in [3.8, 4) is 0 Å². The monoisotopic (exact) mass is 531 g/mol. The zero-order valence-electron chi connectivity index (χ0n) is 21.8. The standard InChI is InChI=1S/C30H33N3O6/c34-29-27-23-19-32(25-7-3-1-5-21(23)25)9-11-36-13-15-38-17-18-39-16-14-37-12-10-33-20-24(28(27)30(35)31-29)22-6-2-4-8-26(22)33/h1-8,19-21,25H,9-18H2,(H,31,34,35). The van der Waals surface area contributed by atoms with Crippen LogP contribution in [0.15, 0.2) is 72.1 Å². The summed E-state index contributed by atoms with van der Waals surface area (Å²) in [5.41, 5.74) is 3.47. The maximum absolute atomic E-state index is 13.3. The first kappa shape index (κ1) is 25.8. The van der Waals surface area contributed by atoms with Crippen LogP contribution >= 0.6 is 0 Å². The van der Waals surface area contributed by atoms with Gasteiger partial charge in [0.15, 0.2) is 0 Å². The number of aromatic nitrogens is 1. The maximum atomic E-state index is 13.3. The summed E-state index contributed by atoms with van der Waals surface area (Å²) in [5, 5.41) is 3.50. The second-order valence-electron chi connectivity index (χ2n) is 9.84. The van der Waals surface area contributed by atoms with Crippen molar-refractivity contribution in [1.29, 1.82) is 0 Å². The van der Waals surface area contributed by atoms with Crippen molar-refractivity contribution in [2.75, 3.05) is 59.4 Å². The van der Waals surface area contributed by atoms with Gasteiger partial charge in [-0.25, -0.2) is 0 Å². The minimum absolute atomic E-state index is 0.0386. The molecule has 1 N–H and O–H groups in total. The summed E-state index contributed by atoms with van der Waals surface area (Å²) < 4.78 is 24.9. The average Bonchev–Trinajstić information content (AvgIpc) is 3.58. The second kappa shape index (κ2) is 11.7. The number of nitrogens with one attached hydrogen (secondary N) is 1. The zero-order chi connectivity index (χ0) is 26.6. The summed E-state index contributed by atoms with van der Waals surface area (Å²) in [6.07, 6.45) is 12.3. The molecule has 4 heterocycles. The molecule has 3 aliphatic heterocycles. The van der Waals surface area contributed by atoms with E-state index >= 15 is 0 Å². The smallest absolute Gasteiger partial charge is 0.259 e. The van der Waals surface area contributed by atoms with Crippen LogP contribution in [0.1, 0.15) is 5.56 Å². The summed E-state index contributed by atoms with van der Waals surface area (Å²) in [5.74, 6) is -0.758. The van der Waals surface area contributed by atoms with Gasteiger partial charge in [0.1, 0.15) is 0 Å². The number of rotatable bonds is 0. The van der Waals surface area contributed by atoms with Crippen molar-refractivity contribution < 1.29 is 28.5 Å². The van der Waals surface area contributed by atoms with E-state index in [4.69, 9.17) is 18.9 Å². The van der Waals surface area contributed by atoms with Gasteiger partial charge in [0.05, 0.1) is 70.0 Å². The number of benzene rings is 1. The van der Waals surface area contributed by atoms with Crippen molar-refractivity contribution in [3.05, 3.63) is 77.7 Å². The molecule has 6 rings (SSSR count). The number of ether oxygens (including phenoxy) is 4. The van der Waals surface area contributed by atoms with E-state index in [1.807, 2.05) is 48.8 Å². The van der Waals surface area contributed by atoms with Crippen molar-refractivity contribution >= 4 is 28.3 Å². The lowest BCUT2D eigenvalue weighted by atomic mass is 9.84. The summed E-state index contributed by atoms with van der Waals surface area (Å²) >= 11 is 0. The molecule has 4 aliphatic rings. The molecule has 1 aromatic heterocycles. The second-order valence-corrected chi connectivity index (χ2v) is 9.84. The molecular formula is C30H33N3O6. The van der Waals surface area contributed by atoms with Crippen molar-refractivity contribution in [1.82, 2.24) is 14.8 Å². The molecular weight excluding hydrogens is 498 g/mol. The van der Waals surface area contributed by atoms with E-state index in [-0.39, 0.29) is 23.8 Å². The van der Waals surface area contributed by atoms with E-state index < -0.39 is 0 Å². The predicted octanol–water partition coefficient (Wildman–Crippen LogP) is 2.44. The van der Waals surface area contributed by atoms with Crippen molar-refractivity contribution in [2.45, 2.75) is 12.6 Å². The van der Waals surface area contributed by atoms with Gasteiger partial charge >= 0.3 is 0 Å². The number of amides is 2. The van der Waals surface area contributed by atoms with Gasteiger partial charge < -0.3 is 28.4 Å². The predicted molar refractivity (Wildman–Crippen MR) is 146 cm³/mol. The Bertz CT molecular complexity index is 1370. The van der Waals surface area contributed by atoms with Gasteiger partial charge in [-0.1, -0.05) is 42.5 Å². The Morgan fingerprint density at radius 1 is 0.744 bits per heavy atom. The lowest BCUT2D eigenvalue weighted by molar-refractivity contribution is -0.123. The van der Waals surface area contributed by atoms with Crippen molar-refractivity contribution in [2.24, 2.45) is 5.92 Å². The minimum atomic E-state index is -0.365. The number of para-hydroxylation sites is 1. The minimum Gasteiger partial charge on any atom is -0.377 e. The molecule has 2 unspecified atom stereocenters. The maximum Gasteiger partial charge on any atom is 0.259 e. The van der Waals surface area contributed by atoms with Crippen LogP contribution in [0.2, 0.25) is 0 Å². The van der Waals surface area contributed by atoms with Crippen LogP contribution in [0, 0.1) is 5.92 Å². The molecule has 1 aliphatic carbocycles. The molecule has 1 aromatic carbocycles. The van der Waals surface area contributed by atoms with E-state index in [1.54, 1.807) is 0 Å². The highest BCUT2D eigenvalue weighted by molar-refractivity contribution is 6.38. The Kier molecular flexibility index (Phi) is 7.74. The normalized spacial score (nSPS) is 25.1. The molecule has 0 radical (unpaired) electrons. The van der Waals surface area contributed by atoms with Gasteiger partial charge in [-0.3, -0.25) is 14.9 Å². The molecule has 9 heteroatoms. The Labute approximate surface area is 227 Å². The van der Waals surface area contributed by atoms with Crippen LogP contribution in [0.25, 0.3) is 16.5 Å². The first-order valence-electron chi connectivity index (χ1n) is 13.5. The summed E-state index contributed by atoms with van der Waals surface area (Å²) in [7, 11) is 0. The number of allylic oxidation sites excluding steroid dienone is 2. The van der Waals surface area contributed by atoms with E-state index in [0.29, 0.717) is 77.1 Å². The van der Waals surface area contributed by atoms with Gasteiger partial charge in [-0.05, 0) is 11.6 Å². The Morgan fingerprint density at radius 2 is 1.38 bits per heavy atom. The molecule has 0 fully saturated rings. The number of hydrogen-bond acceptors (Lipinski definition) is 7. The van der Waals surface area contributed by atoms with Crippen LogP contribution in [-0.4, -0.2) is 86.7 Å². The molecule has 2 atom stereocenters. The van der Waals surface area contributed by atoms with Crippen LogP contribution in [-0.2, 0) is 35.1 Å². The molecule has 0 saturated carbocycles. The van der Waals surface area contributed by atoms with E-state index in [1.165, 1.54) is 0 Å². The molecule has 0 spiro atoms. The van der Waals surface area contributed by atoms with Gasteiger partial charge in [0.2, 0.25) is 0 Å². The highest BCUT2D eigenvalue weighted by Gasteiger charge is 2.42. The van der Waals surface area contributed by atoms with E-state index in [9.17, 15) is 9.59 Å². The summed E-state index contributed by atoms with van der Waals surface area (Å²) in [6, 6.07) is 8.01. The molecule has 9 nitrogen and oxygen atoms in total. The van der Waals surface area contributed by atoms with Crippen LogP contribution in [0.5, 0.6) is 0 Å². The van der Waals surface area contributed by atoms with Gasteiger partial charge in [-0.2, -0.15) is 0 Å². The highest BCUT2D eigenvalue weighted by atomic mass is 16.6. The van der Waals surface area contributed by atoms with Crippen LogP contribution in [0.3, 0.4) is 0 Å². The van der Waals surface area contributed by atoms with Crippen molar-refractivity contribution in [3.63, 3.8) is 0 Å². The number of nitrogens with zero attached hydrogens (tertiary/aromatic N) is 2. The molecule has 4 bridgehead atoms. The lowest BCUT2D eigenvalue weighted by Crippen LogP contribution is -2.33. The number of hydrogen-bond donors (Lipinski definition) is 1. The quantitative estimate of drug-likeness (QED) is 0.523. The lowest BCUT2D eigenvalue weighted by Gasteiger charge is -2.28. The largest absolute Gasteiger partial charge is 0.377 e. The zero-order valence-corrected chi connectivity index (χ0v) is 21.8. The molecule has 204 valence electrons. The van der Waals surface area contributed by atoms with E-state index in [0.717, 1.165) is 22.0 Å². The topological polar surface area (TPSA) is 91.3 Å². The number of fused-ring (bicyclic) bond motifs is 11. The first-order chi connectivity index (χ1) is 19.2. The Morgan fingerprint density at radius 3 is 2.15 bits per heavy atom. The Hall–Kier alpha value is -3.50. The third kappa shape index (κ3) is 5.23. The Balaban J connectivity index is 1.40. The van der Waals surface area contributed by atoms with Crippen LogP contribution < -0.4 is 5.32 Å². The van der Waals surface area contributed by atoms with Gasteiger partial charge in [0.25, 0.3) is 11.8 Å². The molecule has 2 amide bonds. The molecule has 0 saturated heterocycles. The SMILES string of the molecule is O=C1NC(=O)C2=C1C1=CN(CCOCCOCCOCCOCCn3cc2c2ccccc23)C2C=CC=CC12. The number of carbonyl (C=O) groups excluding carboxylic acids is 2. The first-order valence-corrected chi connectivity index (χ1v) is 13.5. The highest BCUT2D eigenvalue weighted by Crippen LogP contribution is 2.42. The number of carbonyl (C=O) groups is 2. The average molecular weight is 532 g/mol. The fraction of sp³-hybridized carbons (Fsp3) is 0.400. The summed E-state index contributed by atoms with van der Waals surface area (Å²) in [6.45, 7) is 5.27. The van der Waals surface area contributed by atoms with Crippen LogP contribution in [0.4, 0.5) is 0 Å².